The number of hydrogen-bond acceptors (Lipinski definition) is 5. The highest BCUT2D eigenvalue weighted by molar-refractivity contribution is 9.09. The minimum Gasteiger partial charge on any atom is -0.394 e. The summed E-state index contributed by atoms with van der Waals surface area (Å²) in [5.74, 6) is -0.331. The molecule has 0 saturated carbocycles. The van der Waals surface area contributed by atoms with Gasteiger partial charge in [0.1, 0.15) is 12.3 Å². The number of halogens is 1. The van der Waals surface area contributed by atoms with E-state index in [1.807, 2.05) is 0 Å². The second kappa shape index (κ2) is 5.35. The third-order valence-electron chi connectivity index (χ3n) is 3.58. The second-order valence-electron chi connectivity index (χ2n) is 5.20. The number of imide groups is 1. The van der Waals surface area contributed by atoms with Crippen molar-refractivity contribution in [1.82, 2.24) is 10.2 Å². The zero-order valence-electron chi connectivity index (χ0n) is 10.5. The van der Waals surface area contributed by atoms with Crippen molar-refractivity contribution >= 4 is 27.9 Å². The van der Waals surface area contributed by atoms with E-state index in [0.29, 0.717) is 5.33 Å². The van der Waals surface area contributed by atoms with Gasteiger partial charge in [-0.3, -0.25) is 15.0 Å². The first kappa shape index (κ1) is 14.7. The third-order valence-corrected chi connectivity index (χ3v) is 4.81. The summed E-state index contributed by atoms with van der Waals surface area (Å²) in [6, 6.07) is -0.529. The summed E-state index contributed by atoms with van der Waals surface area (Å²) in [6.07, 6.45) is -1.90. The first-order valence-corrected chi connectivity index (χ1v) is 7.16. The van der Waals surface area contributed by atoms with Gasteiger partial charge in [0.15, 0.2) is 0 Å². The van der Waals surface area contributed by atoms with Crippen LogP contribution >= 0.6 is 15.9 Å². The van der Waals surface area contributed by atoms with Gasteiger partial charge in [-0.15, -0.1) is 0 Å². The fourth-order valence-corrected chi connectivity index (χ4v) is 2.68. The topological polar surface area (TPSA) is 99.1 Å². The number of alkyl halides is 1. The van der Waals surface area contributed by atoms with Gasteiger partial charge in [0, 0.05) is 18.3 Å². The molecule has 3 amide bonds. The Labute approximate surface area is 119 Å². The van der Waals surface area contributed by atoms with E-state index in [-0.39, 0.29) is 25.5 Å². The Morgan fingerprint density at radius 3 is 2.79 bits per heavy atom. The largest absolute Gasteiger partial charge is 0.394 e. The van der Waals surface area contributed by atoms with E-state index in [0.717, 1.165) is 0 Å². The highest BCUT2D eigenvalue weighted by atomic mass is 79.9. The van der Waals surface area contributed by atoms with Crippen molar-refractivity contribution in [2.24, 2.45) is 5.41 Å². The van der Waals surface area contributed by atoms with Gasteiger partial charge in [-0.2, -0.15) is 0 Å². The zero-order valence-corrected chi connectivity index (χ0v) is 12.1. The maximum Gasteiger partial charge on any atom is 0.326 e. The van der Waals surface area contributed by atoms with Crippen LogP contribution in [0.1, 0.15) is 13.3 Å². The number of aliphatic hydroxyl groups excluding tert-OH is 2. The molecule has 0 spiro atoms. The van der Waals surface area contributed by atoms with Crippen molar-refractivity contribution in [3.8, 4) is 0 Å². The average molecular weight is 337 g/mol. The van der Waals surface area contributed by atoms with Gasteiger partial charge in [0.05, 0.1) is 18.1 Å². The number of amides is 3. The molecule has 2 heterocycles. The predicted molar refractivity (Wildman–Crippen MR) is 68.5 cm³/mol. The molecule has 0 aromatic heterocycles. The molecule has 2 aliphatic rings. The van der Waals surface area contributed by atoms with Crippen LogP contribution in [0.4, 0.5) is 4.79 Å². The van der Waals surface area contributed by atoms with Gasteiger partial charge < -0.3 is 14.9 Å². The summed E-state index contributed by atoms with van der Waals surface area (Å²) in [5.41, 5.74) is -0.737. The van der Waals surface area contributed by atoms with Crippen LogP contribution in [0.3, 0.4) is 0 Å². The van der Waals surface area contributed by atoms with Crippen LogP contribution in [0, 0.1) is 5.41 Å². The average Bonchev–Trinajstić information content (AvgIpc) is 2.75. The Morgan fingerprint density at radius 2 is 2.26 bits per heavy atom. The van der Waals surface area contributed by atoms with Gasteiger partial charge in [-0.25, -0.2) is 4.79 Å². The van der Waals surface area contributed by atoms with E-state index >= 15 is 0 Å². The number of urea groups is 1. The molecule has 2 fully saturated rings. The Morgan fingerprint density at radius 1 is 1.58 bits per heavy atom. The van der Waals surface area contributed by atoms with Gasteiger partial charge in [0.2, 0.25) is 5.91 Å². The fraction of sp³-hybridized carbons (Fsp3) is 0.818. The molecule has 0 aromatic rings. The quantitative estimate of drug-likeness (QED) is 0.598. The number of hydrogen-bond donors (Lipinski definition) is 3. The zero-order chi connectivity index (χ0) is 14.2. The predicted octanol–water partition coefficient (Wildman–Crippen LogP) is -0.592. The summed E-state index contributed by atoms with van der Waals surface area (Å²) in [7, 11) is 0. The van der Waals surface area contributed by atoms with Crippen LogP contribution in [0.25, 0.3) is 0 Å². The summed E-state index contributed by atoms with van der Waals surface area (Å²) in [4.78, 5) is 25.0. The van der Waals surface area contributed by atoms with Gasteiger partial charge >= 0.3 is 6.03 Å². The highest BCUT2D eigenvalue weighted by Crippen LogP contribution is 2.30. The molecule has 0 radical (unpaired) electrons. The molecule has 0 aromatic carbocycles. The van der Waals surface area contributed by atoms with E-state index in [9.17, 15) is 14.7 Å². The van der Waals surface area contributed by atoms with Crippen LogP contribution < -0.4 is 5.32 Å². The van der Waals surface area contributed by atoms with Crippen LogP contribution in [0.2, 0.25) is 0 Å². The Kier molecular flexibility index (Phi) is 4.14. The summed E-state index contributed by atoms with van der Waals surface area (Å²) < 4.78 is 5.44. The summed E-state index contributed by atoms with van der Waals surface area (Å²) in [6.45, 7) is 1.64. The summed E-state index contributed by atoms with van der Waals surface area (Å²) in [5, 5.41) is 21.4. The van der Waals surface area contributed by atoms with Gasteiger partial charge in [-0.1, -0.05) is 15.9 Å². The van der Waals surface area contributed by atoms with Crippen molar-refractivity contribution in [3.05, 3.63) is 0 Å². The second-order valence-corrected chi connectivity index (χ2v) is 5.76. The molecule has 8 heteroatoms. The van der Waals surface area contributed by atoms with Crippen molar-refractivity contribution in [2.45, 2.75) is 31.8 Å². The standard InChI is InChI=1S/C11H17BrN2O5/c1-11(4-12)5-14(10(18)13-9(11)17)8-2-6(16)7(3-15)19-8/h6-8,15-16H,2-5H2,1H3,(H,13,17,18)/t6-,7+,8+,11?/m0/s1. The smallest absolute Gasteiger partial charge is 0.326 e. The maximum atomic E-state index is 11.9. The van der Waals surface area contributed by atoms with Crippen molar-refractivity contribution in [3.63, 3.8) is 0 Å². The first-order valence-electron chi connectivity index (χ1n) is 6.03. The van der Waals surface area contributed by atoms with E-state index in [4.69, 9.17) is 9.84 Å². The van der Waals surface area contributed by atoms with Crippen molar-refractivity contribution in [1.29, 1.82) is 0 Å². The lowest BCUT2D eigenvalue weighted by molar-refractivity contribution is -0.134. The lowest BCUT2D eigenvalue weighted by atomic mass is 9.89. The molecule has 2 saturated heterocycles. The van der Waals surface area contributed by atoms with E-state index < -0.39 is 29.9 Å². The summed E-state index contributed by atoms with van der Waals surface area (Å²) >= 11 is 3.27. The Balaban J connectivity index is 2.12. The molecular formula is C11H17BrN2O5. The number of aliphatic hydroxyl groups is 2. The molecule has 3 N–H and O–H groups in total. The number of rotatable bonds is 3. The molecule has 4 atom stereocenters. The van der Waals surface area contributed by atoms with Crippen LogP contribution in [-0.4, -0.2) is 64.0 Å². The molecule has 0 bridgehead atoms. The third kappa shape index (κ3) is 2.62. The molecule has 108 valence electrons. The fourth-order valence-electron chi connectivity index (χ4n) is 2.25. The lowest BCUT2D eigenvalue weighted by Gasteiger charge is -2.40. The molecular weight excluding hydrogens is 320 g/mol. The lowest BCUT2D eigenvalue weighted by Crippen LogP contribution is -2.62. The van der Waals surface area contributed by atoms with Crippen LogP contribution in [0.5, 0.6) is 0 Å². The Hall–Kier alpha value is -0.700. The molecule has 7 nitrogen and oxygen atoms in total. The number of carbonyl (C=O) groups is 2. The monoisotopic (exact) mass is 336 g/mol. The maximum absolute atomic E-state index is 11.9. The van der Waals surface area contributed by atoms with Crippen molar-refractivity contribution < 1.29 is 24.5 Å². The molecule has 2 rings (SSSR count). The minimum atomic E-state index is -0.810. The minimum absolute atomic E-state index is 0.207. The van der Waals surface area contributed by atoms with E-state index in [1.54, 1.807) is 6.92 Å². The molecule has 0 aliphatic carbocycles. The highest BCUT2D eigenvalue weighted by Gasteiger charge is 2.47. The first-order chi connectivity index (χ1) is 8.91. The van der Waals surface area contributed by atoms with E-state index in [1.165, 1.54) is 4.90 Å². The number of ether oxygens (including phenoxy) is 1. The number of carbonyl (C=O) groups excluding carboxylic acids is 2. The van der Waals surface area contributed by atoms with Crippen LogP contribution in [-0.2, 0) is 9.53 Å². The SMILES string of the molecule is CC1(CBr)CN([C@H]2C[C@H](O)[C@@H](CO)O2)C(=O)NC1=O. The van der Waals surface area contributed by atoms with E-state index in [2.05, 4.69) is 21.2 Å². The van der Waals surface area contributed by atoms with Gasteiger partial charge in [-0.05, 0) is 6.92 Å². The van der Waals surface area contributed by atoms with Gasteiger partial charge in [0.25, 0.3) is 0 Å². The normalized spacial score (nSPS) is 39.6. The van der Waals surface area contributed by atoms with Crippen LogP contribution in [0.15, 0.2) is 0 Å². The molecule has 1 unspecified atom stereocenters. The van der Waals surface area contributed by atoms with Crippen molar-refractivity contribution in [2.75, 3.05) is 18.5 Å². The Bertz CT molecular complexity index is 393. The number of nitrogens with one attached hydrogen (secondary N) is 1. The number of nitrogens with zero attached hydrogens (tertiary/aromatic N) is 1. The molecule has 2 aliphatic heterocycles. The molecule has 19 heavy (non-hydrogen) atoms.